The summed E-state index contributed by atoms with van der Waals surface area (Å²) in [5, 5.41) is 6.30. The fourth-order valence-electron chi connectivity index (χ4n) is 1.61. The number of benzene rings is 1. The molecule has 6 nitrogen and oxygen atoms in total. The average Bonchev–Trinajstić information content (AvgIpc) is 2.55. The van der Waals surface area contributed by atoms with E-state index >= 15 is 0 Å². The van der Waals surface area contributed by atoms with Gasteiger partial charge in [-0.05, 0) is 25.5 Å². The lowest BCUT2D eigenvalue weighted by Crippen LogP contribution is -2.31. The molecule has 1 aromatic rings. The van der Waals surface area contributed by atoms with Crippen LogP contribution in [0.4, 0.5) is 0 Å². The normalized spacial score (nSPS) is 11.3. The number of carbonyl (C=O) groups is 2. The molecule has 0 aliphatic rings. The number of ether oxygens (including phenoxy) is 1. The maximum absolute atomic E-state index is 11.7. The number of amides is 1. The minimum Gasteiger partial charge on any atom is -0.466 e. The molecule has 0 bridgehead atoms. The molecule has 0 fully saturated rings. The Balaban J connectivity index is 2.23. The highest BCUT2D eigenvalue weighted by molar-refractivity contribution is 6.37. The van der Waals surface area contributed by atoms with E-state index in [4.69, 9.17) is 9.57 Å². The molecule has 124 valence electrons. The Hall–Kier alpha value is -2.63. The molecule has 23 heavy (non-hydrogen) atoms. The highest BCUT2D eigenvalue weighted by Crippen LogP contribution is 2.00. The zero-order chi connectivity index (χ0) is 16.9. The van der Waals surface area contributed by atoms with Gasteiger partial charge in [-0.2, -0.15) is 0 Å². The number of carbonyl (C=O) groups excluding carboxylic acids is 2. The molecule has 0 aliphatic carbocycles. The SMILES string of the molecule is CCOC(=O)CCNC(=O)C(C)=NOCC=Cc1ccccc1. The van der Waals surface area contributed by atoms with Crippen LogP contribution < -0.4 is 5.32 Å². The number of nitrogens with one attached hydrogen (secondary N) is 1. The van der Waals surface area contributed by atoms with Crippen molar-refractivity contribution in [1.29, 1.82) is 0 Å². The zero-order valence-electron chi connectivity index (χ0n) is 13.5. The van der Waals surface area contributed by atoms with Crippen molar-refractivity contribution in [1.82, 2.24) is 5.32 Å². The van der Waals surface area contributed by atoms with Gasteiger partial charge in [0, 0.05) is 6.54 Å². The third kappa shape index (κ3) is 8.40. The van der Waals surface area contributed by atoms with E-state index in [1.54, 1.807) is 13.8 Å². The molecule has 6 heteroatoms. The molecular weight excluding hydrogens is 296 g/mol. The largest absolute Gasteiger partial charge is 0.466 e. The van der Waals surface area contributed by atoms with Gasteiger partial charge < -0.3 is 14.9 Å². The molecule has 0 radical (unpaired) electrons. The molecule has 1 rings (SSSR count). The molecule has 0 unspecified atom stereocenters. The Morgan fingerprint density at radius 1 is 1.26 bits per heavy atom. The fourth-order valence-corrected chi connectivity index (χ4v) is 1.61. The zero-order valence-corrected chi connectivity index (χ0v) is 13.5. The van der Waals surface area contributed by atoms with Crippen molar-refractivity contribution in [3.05, 3.63) is 42.0 Å². The first-order valence-electron chi connectivity index (χ1n) is 7.45. The van der Waals surface area contributed by atoms with Gasteiger partial charge in [-0.3, -0.25) is 9.59 Å². The predicted octanol–water partition coefficient (Wildman–Crippen LogP) is 2.16. The monoisotopic (exact) mass is 318 g/mol. The summed E-state index contributed by atoms with van der Waals surface area (Å²) in [6.07, 6.45) is 3.85. The number of rotatable bonds is 9. The van der Waals surface area contributed by atoms with E-state index in [1.165, 1.54) is 0 Å². The summed E-state index contributed by atoms with van der Waals surface area (Å²) < 4.78 is 4.76. The summed E-state index contributed by atoms with van der Waals surface area (Å²) in [6.45, 7) is 4.08. The van der Waals surface area contributed by atoms with Crippen molar-refractivity contribution >= 4 is 23.7 Å². The first-order valence-corrected chi connectivity index (χ1v) is 7.45. The highest BCUT2D eigenvalue weighted by atomic mass is 16.6. The lowest BCUT2D eigenvalue weighted by molar-refractivity contribution is -0.142. The maximum atomic E-state index is 11.7. The molecule has 0 atom stereocenters. The van der Waals surface area contributed by atoms with Crippen molar-refractivity contribution in [2.24, 2.45) is 5.16 Å². The third-order valence-electron chi connectivity index (χ3n) is 2.73. The molecule has 0 saturated heterocycles. The summed E-state index contributed by atoms with van der Waals surface area (Å²) in [7, 11) is 0. The summed E-state index contributed by atoms with van der Waals surface area (Å²) in [5.74, 6) is -0.717. The van der Waals surface area contributed by atoms with Crippen molar-refractivity contribution in [2.45, 2.75) is 20.3 Å². The van der Waals surface area contributed by atoms with E-state index < -0.39 is 0 Å². The Labute approximate surface area is 136 Å². The van der Waals surface area contributed by atoms with E-state index in [0.29, 0.717) is 6.61 Å². The second kappa shape index (κ2) is 11.0. The summed E-state index contributed by atoms with van der Waals surface area (Å²) >= 11 is 0. The minimum atomic E-state index is -0.374. The Morgan fingerprint density at radius 2 is 2.00 bits per heavy atom. The van der Waals surface area contributed by atoms with Gasteiger partial charge >= 0.3 is 5.97 Å². The number of hydrogen-bond donors (Lipinski definition) is 1. The Morgan fingerprint density at radius 3 is 2.70 bits per heavy atom. The van der Waals surface area contributed by atoms with Gasteiger partial charge in [0.05, 0.1) is 13.0 Å². The van der Waals surface area contributed by atoms with Crippen LogP contribution in [-0.4, -0.2) is 37.3 Å². The van der Waals surface area contributed by atoms with Crippen LogP contribution in [0.5, 0.6) is 0 Å². The highest BCUT2D eigenvalue weighted by Gasteiger charge is 2.07. The first-order chi connectivity index (χ1) is 11.1. The summed E-state index contributed by atoms with van der Waals surface area (Å²) in [6, 6.07) is 9.79. The number of nitrogens with zero attached hydrogens (tertiary/aromatic N) is 1. The summed E-state index contributed by atoms with van der Waals surface area (Å²) in [4.78, 5) is 27.8. The lowest BCUT2D eigenvalue weighted by atomic mass is 10.2. The van der Waals surface area contributed by atoms with Crippen LogP contribution >= 0.6 is 0 Å². The second-order valence-electron chi connectivity index (χ2n) is 4.60. The van der Waals surface area contributed by atoms with Crippen LogP contribution in [0.3, 0.4) is 0 Å². The quantitative estimate of drug-likeness (QED) is 0.328. The second-order valence-corrected chi connectivity index (χ2v) is 4.60. The van der Waals surface area contributed by atoms with E-state index in [0.717, 1.165) is 5.56 Å². The van der Waals surface area contributed by atoms with Crippen molar-refractivity contribution in [3.63, 3.8) is 0 Å². The summed E-state index contributed by atoms with van der Waals surface area (Å²) in [5.41, 5.74) is 1.26. The molecule has 0 aliphatic heterocycles. The molecular formula is C17H22N2O4. The number of hydrogen-bond acceptors (Lipinski definition) is 5. The molecule has 0 spiro atoms. The number of oxime groups is 1. The van der Waals surface area contributed by atoms with Crippen LogP contribution in [-0.2, 0) is 19.2 Å². The predicted molar refractivity (Wildman–Crippen MR) is 88.8 cm³/mol. The topological polar surface area (TPSA) is 77.0 Å². The van der Waals surface area contributed by atoms with Gasteiger partial charge in [0.25, 0.3) is 5.91 Å². The van der Waals surface area contributed by atoms with Gasteiger partial charge in [-0.1, -0.05) is 41.6 Å². The maximum Gasteiger partial charge on any atom is 0.307 e. The van der Waals surface area contributed by atoms with Crippen LogP contribution in [0.1, 0.15) is 25.8 Å². The van der Waals surface area contributed by atoms with Gasteiger partial charge in [0.1, 0.15) is 12.3 Å². The van der Waals surface area contributed by atoms with Gasteiger partial charge in [0.2, 0.25) is 0 Å². The van der Waals surface area contributed by atoms with Gasteiger partial charge in [-0.25, -0.2) is 0 Å². The van der Waals surface area contributed by atoms with E-state index in [-0.39, 0.29) is 37.2 Å². The Kier molecular flexibility index (Phi) is 8.81. The molecule has 0 saturated carbocycles. The van der Waals surface area contributed by atoms with Gasteiger partial charge in [-0.15, -0.1) is 0 Å². The lowest BCUT2D eigenvalue weighted by Gasteiger charge is -2.04. The molecule has 1 N–H and O–H groups in total. The van der Waals surface area contributed by atoms with E-state index in [2.05, 4.69) is 10.5 Å². The van der Waals surface area contributed by atoms with Crippen molar-refractivity contribution < 1.29 is 19.2 Å². The van der Waals surface area contributed by atoms with E-state index in [9.17, 15) is 9.59 Å². The van der Waals surface area contributed by atoms with Crippen LogP contribution in [0, 0.1) is 0 Å². The number of esters is 1. The smallest absolute Gasteiger partial charge is 0.307 e. The molecule has 0 aromatic heterocycles. The minimum absolute atomic E-state index is 0.132. The van der Waals surface area contributed by atoms with Crippen LogP contribution in [0.25, 0.3) is 6.08 Å². The van der Waals surface area contributed by atoms with E-state index in [1.807, 2.05) is 42.5 Å². The van der Waals surface area contributed by atoms with Crippen LogP contribution in [0.2, 0.25) is 0 Å². The van der Waals surface area contributed by atoms with Crippen LogP contribution in [0.15, 0.2) is 41.6 Å². The fraction of sp³-hybridized carbons (Fsp3) is 0.353. The first kappa shape index (κ1) is 18.4. The Bertz CT molecular complexity index is 553. The standard InChI is InChI=1S/C17H22N2O4/c1-3-22-16(20)11-12-18-17(21)14(2)19-23-13-7-10-15-8-5-4-6-9-15/h4-10H,3,11-13H2,1-2H3,(H,18,21). The molecule has 1 aromatic carbocycles. The van der Waals surface area contributed by atoms with Crippen molar-refractivity contribution in [3.8, 4) is 0 Å². The van der Waals surface area contributed by atoms with Crippen molar-refractivity contribution in [2.75, 3.05) is 19.8 Å². The third-order valence-corrected chi connectivity index (χ3v) is 2.73. The molecule has 0 heterocycles. The average molecular weight is 318 g/mol. The van der Waals surface area contributed by atoms with Gasteiger partial charge in [0.15, 0.2) is 0 Å². The molecule has 1 amide bonds.